The summed E-state index contributed by atoms with van der Waals surface area (Å²) in [6.45, 7) is 4.48. The molecule has 2 fully saturated rings. The molecule has 16 heavy (non-hydrogen) atoms. The third kappa shape index (κ3) is 1.94. The molecule has 0 aromatic carbocycles. The van der Waals surface area contributed by atoms with E-state index in [4.69, 9.17) is 4.42 Å². The van der Waals surface area contributed by atoms with Crippen molar-refractivity contribution in [2.45, 2.75) is 25.4 Å². The Balaban J connectivity index is 1.72. The van der Waals surface area contributed by atoms with E-state index in [0.29, 0.717) is 6.04 Å². The molecule has 0 saturated carbocycles. The average molecular weight is 285 g/mol. The Morgan fingerprint density at radius 1 is 1.50 bits per heavy atom. The van der Waals surface area contributed by atoms with Gasteiger partial charge in [0, 0.05) is 12.6 Å². The van der Waals surface area contributed by atoms with E-state index in [1.54, 1.807) is 6.26 Å². The minimum atomic E-state index is 0.714. The lowest BCUT2D eigenvalue weighted by Gasteiger charge is -2.36. The van der Waals surface area contributed by atoms with Crippen molar-refractivity contribution in [1.29, 1.82) is 0 Å². The first kappa shape index (κ1) is 10.8. The number of hydrogen-bond acceptors (Lipinski definition) is 3. The Morgan fingerprint density at radius 2 is 2.44 bits per heavy atom. The van der Waals surface area contributed by atoms with Crippen LogP contribution in [0.4, 0.5) is 0 Å². The van der Waals surface area contributed by atoms with Gasteiger partial charge >= 0.3 is 0 Å². The fraction of sp³-hybridized carbons (Fsp3) is 0.667. The van der Waals surface area contributed by atoms with Gasteiger partial charge in [0.1, 0.15) is 5.76 Å². The van der Waals surface area contributed by atoms with Gasteiger partial charge in [-0.1, -0.05) is 0 Å². The molecule has 4 heteroatoms. The van der Waals surface area contributed by atoms with Crippen LogP contribution in [0, 0.1) is 5.92 Å². The van der Waals surface area contributed by atoms with Crippen LogP contribution >= 0.6 is 15.9 Å². The highest BCUT2D eigenvalue weighted by molar-refractivity contribution is 9.10. The van der Waals surface area contributed by atoms with Gasteiger partial charge in [0.15, 0.2) is 0 Å². The summed E-state index contributed by atoms with van der Waals surface area (Å²) in [6.07, 6.45) is 4.46. The van der Waals surface area contributed by atoms with E-state index in [9.17, 15) is 0 Å². The Bertz CT molecular complexity index is 366. The molecular weight excluding hydrogens is 268 g/mol. The van der Waals surface area contributed by atoms with Crippen molar-refractivity contribution in [3.8, 4) is 0 Å². The molecule has 0 spiro atoms. The van der Waals surface area contributed by atoms with Crippen LogP contribution in [0.25, 0.3) is 0 Å². The molecule has 3 nitrogen and oxygen atoms in total. The molecule has 0 bridgehead atoms. The molecule has 3 heterocycles. The molecule has 0 radical (unpaired) electrons. The SMILES string of the molecule is Brc1ccoc1CN1CCCC2CNCC21. The van der Waals surface area contributed by atoms with E-state index in [1.807, 2.05) is 6.07 Å². The van der Waals surface area contributed by atoms with Crippen molar-refractivity contribution in [1.82, 2.24) is 10.2 Å². The lowest BCUT2D eigenvalue weighted by atomic mass is 9.92. The number of piperidine rings is 1. The van der Waals surface area contributed by atoms with Gasteiger partial charge in [-0.15, -0.1) is 0 Å². The quantitative estimate of drug-likeness (QED) is 0.903. The fourth-order valence-electron chi connectivity index (χ4n) is 2.98. The van der Waals surface area contributed by atoms with E-state index in [2.05, 4.69) is 26.1 Å². The molecule has 2 saturated heterocycles. The van der Waals surface area contributed by atoms with E-state index >= 15 is 0 Å². The zero-order valence-corrected chi connectivity index (χ0v) is 10.9. The summed E-state index contributed by atoms with van der Waals surface area (Å²) in [6, 6.07) is 2.69. The highest BCUT2D eigenvalue weighted by Crippen LogP contribution is 2.29. The number of hydrogen-bond donors (Lipinski definition) is 1. The third-order valence-corrected chi connectivity index (χ3v) is 4.54. The Morgan fingerprint density at radius 3 is 3.25 bits per heavy atom. The van der Waals surface area contributed by atoms with Crippen LogP contribution in [0.3, 0.4) is 0 Å². The first-order chi connectivity index (χ1) is 7.84. The van der Waals surface area contributed by atoms with Crippen molar-refractivity contribution >= 4 is 15.9 Å². The number of nitrogens with zero attached hydrogens (tertiary/aromatic N) is 1. The molecule has 0 aliphatic carbocycles. The van der Waals surface area contributed by atoms with Crippen molar-refractivity contribution in [2.75, 3.05) is 19.6 Å². The first-order valence-electron chi connectivity index (χ1n) is 6.01. The van der Waals surface area contributed by atoms with Crippen molar-refractivity contribution in [3.05, 3.63) is 22.6 Å². The van der Waals surface area contributed by atoms with Gasteiger partial charge in [-0.25, -0.2) is 0 Å². The van der Waals surface area contributed by atoms with Gasteiger partial charge in [-0.3, -0.25) is 4.90 Å². The normalized spacial score (nSPS) is 30.6. The maximum atomic E-state index is 5.51. The number of fused-ring (bicyclic) bond motifs is 1. The van der Waals surface area contributed by atoms with E-state index in [-0.39, 0.29) is 0 Å². The van der Waals surface area contributed by atoms with Crippen LogP contribution < -0.4 is 5.32 Å². The molecule has 2 aliphatic heterocycles. The predicted octanol–water partition coefficient (Wildman–Crippen LogP) is 2.23. The summed E-state index contributed by atoms with van der Waals surface area (Å²) in [5.74, 6) is 1.91. The molecule has 3 rings (SSSR count). The lowest BCUT2D eigenvalue weighted by molar-refractivity contribution is 0.109. The van der Waals surface area contributed by atoms with Gasteiger partial charge in [0.05, 0.1) is 17.3 Å². The van der Waals surface area contributed by atoms with Crippen LogP contribution in [0.2, 0.25) is 0 Å². The van der Waals surface area contributed by atoms with E-state index in [0.717, 1.165) is 29.2 Å². The fourth-order valence-corrected chi connectivity index (χ4v) is 3.31. The molecule has 2 atom stereocenters. The Kier molecular flexibility index (Phi) is 3.05. The summed E-state index contributed by atoms with van der Waals surface area (Å²) < 4.78 is 6.60. The second-order valence-corrected chi connectivity index (χ2v) is 5.64. The van der Waals surface area contributed by atoms with Gasteiger partial charge < -0.3 is 9.73 Å². The Hall–Kier alpha value is -0.320. The van der Waals surface area contributed by atoms with Crippen molar-refractivity contribution in [2.24, 2.45) is 5.92 Å². The van der Waals surface area contributed by atoms with E-state index in [1.165, 1.54) is 25.9 Å². The lowest BCUT2D eigenvalue weighted by Crippen LogP contribution is -2.44. The maximum absolute atomic E-state index is 5.51. The zero-order valence-electron chi connectivity index (χ0n) is 9.29. The van der Waals surface area contributed by atoms with Crippen molar-refractivity contribution < 1.29 is 4.42 Å². The molecule has 0 amide bonds. The largest absolute Gasteiger partial charge is 0.467 e. The topological polar surface area (TPSA) is 28.4 Å². The zero-order chi connectivity index (χ0) is 11.0. The summed E-state index contributed by atoms with van der Waals surface area (Å²) in [5.41, 5.74) is 0. The van der Waals surface area contributed by atoms with Crippen LogP contribution in [-0.2, 0) is 6.54 Å². The minimum Gasteiger partial charge on any atom is -0.467 e. The van der Waals surface area contributed by atoms with Gasteiger partial charge in [0.2, 0.25) is 0 Å². The molecular formula is C12H17BrN2O. The minimum absolute atomic E-state index is 0.714. The highest BCUT2D eigenvalue weighted by Gasteiger charge is 2.35. The Labute approximate surface area is 104 Å². The standard InChI is InChI=1S/C12H17BrN2O/c13-10-3-5-16-12(10)8-15-4-1-2-9-6-14-7-11(9)15/h3,5,9,11,14H,1-2,4,6-8H2. The second kappa shape index (κ2) is 4.51. The number of furan rings is 1. The molecule has 2 unspecified atom stereocenters. The molecule has 2 aliphatic rings. The summed E-state index contributed by atoms with van der Waals surface area (Å²) >= 11 is 3.53. The van der Waals surface area contributed by atoms with Crippen LogP contribution in [0.15, 0.2) is 21.2 Å². The van der Waals surface area contributed by atoms with Gasteiger partial charge in [-0.2, -0.15) is 0 Å². The summed E-state index contributed by atoms with van der Waals surface area (Å²) in [7, 11) is 0. The number of likely N-dealkylation sites (tertiary alicyclic amines) is 1. The monoisotopic (exact) mass is 284 g/mol. The highest BCUT2D eigenvalue weighted by atomic mass is 79.9. The van der Waals surface area contributed by atoms with Crippen molar-refractivity contribution in [3.63, 3.8) is 0 Å². The first-order valence-corrected chi connectivity index (χ1v) is 6.80. The van der Waals surface area contributed by atoms with Crippen LogP contribution in [0.5, 0.6) is 0 Å². The summed E-state index contributed by atoms with van der Waals surface area (Å²) in [5, 5.41) is 3.50. The predicted molar refractivity (Wildman–Crippen MR) is 66.2 cm³/mol. The molecule has 1 aromatic rings. The van der Waals surface area contributed by atoms with E-state index < -0.39 is 0 Å². The molecule has 1 N–H and O–H groups in total. The third-order valence-electron chi connectivity index (χ3n) is 3.83. The number of rotatable bonds is 2. The average Bonchev–Trinajstić information content (AvgIpc) is 2.89. The number of halogens is 1. The second-order valence-electron chi connectivity index (χ2n) is 4.79. The smallest absolute Gasteiger partial charge is 0.131 e. The number of nitrogens with one attached hydrogen (secondary N) is 1. The molecule has 88 valence electrons. The van der Waals surface area contributed by atoms with Crippen LogP contribution in [0.1, 0.15) is 18.6 Å². The van der Waals surface area contributed by atoms with Crippen LogP contribution in [-0.4, -0.2) is 30.6 Å². The summed E-state index contributed by atoms with van der Waals surface area (Å²) in [4.78, 5) is 2.57. The maximum Gasteiger partial charge on any atom is 0.131 e. The van der Waals surface area contributed by atoms with Gasteiger partial charge in [-0.05, 0) is 53.8 Å². The molecule has 1 aromatic heterocycles. The van der Waals surface area contributed by atoms with Gasteiger partial charge in [0.25, 0.3) is 0 Å².